The zero-order valence-electron chi connectivity index (χ0n) is 13.1. The van der Waals surface area contributed by atoms with Gasteiger partial charge in [0.1, 0.15) is 23.2 Å². The quantitative estimate of drug-likeness (QED) is 0.862. The van der Waals surface area contributed by atoms with E-state index in [0.29, 0.717) is 17.0 Å². The lowest BCUT2D eigenvalue weighted by Crippen LogP contribution is -2.58. The Balaban J connectivity index is 2.21. The fourth-order valence-corrected chi connectivity index (χ4v) is 3.45. The lowest BCUT2D eigenvalue weighted by atomic mass is 9.87. The zero-order chi connectivity index (χ0) is 16.4. The molecule has 0 bridgehead atoms. The van der Waals surface area contributed by atoms with Crippen molar-refractivity contribution >= 4 is 17.6 Å². The van der Waals surface area contributed by atoms with Gasteiger partial charge in [0.2, 0.25) is 11.9 Å². The molecule has 7 nitrogen and oxygen atoms in total. The lowest BCUT2D eigenvalue weighted by molar-refractivity contribution is 0.303. The van der Waals surface area contributed by atoms with Gasteiger partial charge >= 0.3 is 0 Å². The predicted octanol–water partition coefficient (Wildman–Crippen LogP) is 1.68. The van der Waals surface area contributed by atoms with E-state index in [1.54, 1.807) is 19.2 Å². The van der Waals surface area contributed by atoms with E-state index in [1.165, 1.54) is 0 Å². The van der Waals surface area contributed by atoms with E-state index in [9.17, 15) is 5.26 Å². The van der Waals surface area contributed by atoms with Crippen LogP contribution in [0.2, 0.25) is 0 Å². The number of nitriles is 1. The van der Waals surface area contributed by atoms with E-state index in [4.69, 9.17) is 16.2 Å². The van der Waals surface area contributed by atoms with E-state index in [1.807, 2.05) is 11.0 Å². The summed E-state index contributed by atoms with van der Waals surface area (Å²) in [5.41, 5.74) is 12.6. The Bertz CT molecular complexity index is 712. The first-order valence-electron chi connectivity index (χ1n) is 7.68. The van der Waals surface area contributed by atoms with Gasteiger partial charge in [-0.25, -0.2) is 4.99 Å². The minimum atomic E-state index is -0.589. The molecule has 2 aliphatic rings. The number of aliphatic imine (C=N–C) groups is 2. The number of methoxy groups -OCH3 is 1. The summed E-state index contributed by atoms with van der Waals surface area (Å²) in [6.07, 6.45) is 4.83. The first-order valence-corrected chi connectivity index (χ1v) is 7.68. The van der Waals surface area contributed by atoms with Crippen molar-refractivity contribution in [1.29, 1.82) is 5.26 Å². The predicted molar refractivity (Wildman–Crippen MR) is 89.2 cm³/mol. The number of hydrogen-bond donors (Lipinski definition) is 2. The zero-order valence-corrected chi connectivity index (χ0v) is 13.1. The van der Waals surface area contributed by atoms with Crippen molar-refractivity contribution in [2.45, 2.75) is 37.8 Å². The van der Waals surface area contributed by atoms with Gasteiger partial charge in [-0.1, -0.05) is 12.5 Å². The van der Waals surface area contributed by atoms with Gasteiger partial charge in [-0.15, -0.1) is 0 Å². The Hall–Kier alpha value is -2.75. The first kappa shape index (κ1) is 15.2. The Morgan fingerprint density at radius 2 is 2.00 bits per heavy atom. The molecule has 0 aromatic heterocycles. The Morgan fingerprint density at radius 1 is 1.26 bits per heavy atom. The van der Waals surface area contributed by atoms with Gasteiger partial charge < -0.3 is 16.2 Å². The Kier molecular flexibility index (Phi) is 3.82. The number of guanidine groups is 2. The summed E-state index contributed by atoms with van der Waals surface area (Å²) in [6, 6.07) is 7.54. The van der Waals surface area contributed by atoms with Crippen LogP contribution in [0, 0.1) is 11.3 Å². The molecular weight excluding hydrogens is 292 g/mol. The van der Waals surface area contributed by atoms with Gasteiger partial charge in [-0.05, 0) is 37.8 Å². The van der Waals surface area contributed by atoms with Gasteiger partial charge in [-0.2, -0.15) is 10.3 Å². The van der Waals surface area contributed by atoms with Crippen molar-refractivity contribution in [1.82, 2.24) is 0 Å². The smallest absolute Gasteiger partial charge is 0.220 e. The normalized spacial score (nSPS) is 19.7. The van der Waals surface area contributed by atoms with Gasteiger partial charge in [0.05, 0.1) is 12.7 Å². The summed E-state index contributed by atoms with van der Waals surface area (Å²) in [5.74, 6) is 1.01. The third-order valence-corrected chi connectivity index (χ3v) is 4.41. The van der Waals surface area contributed by atoms with E-state index < -0.39 is 5.66 Å². The minimum Gasteiger partial charge on any atom is -0.495 e. The molecule has 0 atom stereocenters. The molecule has 120 valence electrons. The van der Waals surface area contributed by atoms with E-state index in [2.05, 4.69) is 16.1 Å². The highest BCUT2D eigenvalue weighted by Gasteiger charge is 2.44. The van der Waals surface area contributed by atoms with Crippen LogP contribution in [-0.4, -0.2) is 24.7 Å². The van der Waals surface area contributed by atoms with E-state index in [0.717, 1.165) is 32.1 Å². The van der Waals surface area contributed by atoms with Crippen molar-refractivity contribution < 1.29 is 4.74 Å². The highest BCUT2D eigenvalue weighted by Crippen LogP contribution is 2.43. The summed E-state index contributed by atoms with van der Waals surface area (Å²) >= 11 is 0. The molecule has 1 aliphatic carbocycles. The van der Waals surface area contributed by atoms with Crippen molar-refractivity contribution in [3.8, 4) is 11.8 Å². The van der Waals surface area contributed by atoms with Crippen molar-refractivity contribution in [3.63, 3.8) is 0 Å². The number of anilines is 1. The van der Waals surface area contributed by atoms with Gasteiger partial charge in [-0.3, -0.25) is 4.90 Å². The van der Waals surface area contributed by atoms with Crippen LogP contribution in [-0.2, 0) is 0 Å². The number of nitrogens with two attached hydrogens (primary N) is 2. The molecule has 0 unspecified atom stereocenters. The molecule has 1 saturated carbocycles. The molecule has 23 heavy (non-hydrogen) atoms. The fraction of sp³-hybridized carbons (Fsp3) is 0.438. The van der Waals surface area contributed by atoms with Crippen LogP contribution in [0.15, 0.2) is 28.2 Å². The van der Waals surface area contributed by atoms with Gasteiger partial charge in [0.25, 0.3) is 0 Å². The Labute approximate surface area is 135 Å². The number of nitrogens with zero attached hydrogens (tertiary/aromatic N) is 4. The second-order valence-corrected chi connectivity index (χ2v) is 5.79. The second-order valence-electron chi connectivity index (χ2n) is 5.79. The fourth-order valence-electron chi connectivity index (χ4n) is 3.45. The third-order valence-electron chi connectivity index (χ3n) is 4.41. The maximum absolute atomic E-state index is 9.52. The van der Waals surface area contributed by atoms with Gasteiger partial charge in [0, 0.05) is 0 Å². The molecule has 1 aliphatic heterocycles. The summed E-state index contributed by atoms with van der Waals surface area (Å²) in [5, 5.41) is 9.52. The molecule has 7 heteroatoms. The molecule has 1 heterocycles. The van der Waals surface area contributed by atoms with E-state index >= 15 is 0 Å². The number of para-hydroxylation sites is 1. The largest absolute Gasteiger partial charge is 0.495 e. The molecule has 0 saturated heterocycles. The molecule has 1 aromatic carbocycles. The monoisotopic (exact) mass is 312 g/mol. The molecular formula is C16H20N6O. The van der Waals surface area contributed by atoms with Crippen LogP contribution >= 0.6 is 0 Å². The standard InChI is InChI=1S/C16H20N6O/c1-23-12-7-5-6-11(10-17)13(12)22-15(19)20-14(18)21-16(22)8-3-2-4-9-16/h5-7H,2-4,8-9H2,1H3,(H4,18,19,20,21). The number of benzene rings is 1. The summed E-state index contributed by atoms with van der Waals surface area (Å²) in [6.45, 7) is 0. The number of rotatable bonds is 2. The highest BCUT2D eigenvalue weighted by molar-refractivity contribution is 6.07. The van der Waals surface area contributed by atoms with Crippen molar-refractivity contribution in [2.24, 2.45) is 21.5 Å². The molecule has 4 N–H and O–H groups in total. The molecule has 3 rings (SSSR count). The minimum absolute atomic E-state index is 0.189. The van der Waals surface area contributed by atoms with Crippen LogP contribution in [0.4, 0.5) is 5.69 Å². The highest BCUT2D eigenvalue weighted by atomic mass is 16.5. The van der Waals surface area contributed by atoms with Gasteiger partial charge in [0.15, 0.2) is 0 Å². The molecule has 0 amide bonds. The summed E-state index contributed by atoms with van der Waals surface area (Å²) < 4.78 is 5.47. The van der Waals surface area contributed by atoms with E-state index in [-0.39, 0.29) is 11.9 Å². The number of hydrogen-bond acceptors (Lipinski definition) is 7. The molecule has 1 spiro atoms. The molecule has 0 radical (unpaired) electrons. The molecule has 1 fully saturated rings. The SMILES string of the molecule is COc1cccc(C#N)c1N1C(N)=NC(N)=NC12CCCCC2. The van der Waals surface area contributed by atoms with Crippen LogP contribution in [0.1, 0.15) is 37.7 Å². The second kappa shape index (κ2) is 5.80. The average molecular weight is 312 g/mol. The topological polar surface area (TPSA) is 113 Å². The average Bonchev–Trinajstić information content (AvgIpc) is 2.54. The van der Waals surface area contributed by atoms with Crippen LogP contribution in [0.3, 0.4) is 0 Å². The summed E-state index contributed by atoms with van der Waals surface area (Å²) in [7, 11) is 1.57. The Morgan fingerprint density at radius 3 is 2.65 bits per heavy atom. The summed E-state index contributed by atoms with van der Waals surface area (Å²) in [4.78, 5) is 10.6. The lowest BCUT2D eigenvalue weighted by Gasteiger charge is -2.46. The third kappa shape index (κ3) is 2.46. The van der Waals surface area contributed by atoms with Crippen molar-refractivity contribution in [3.05, 3.63) is 23.8 Å². The van der Waals surface area contributed by atoms with Crippen LogP contribution in [0.25, 0.3) is 0 Å². The van der Waals surface area contributed by atoms with Crippen molar-refractivity contribution in [2.75, 3.05) is 12.0 Å². The van der Waals surface area contributed by atoms with Crippen LogP contribution in [0.5, 0.6) is 5.75 Å². The maximum Gasteiger partial charge on any atom is 0.220 e. The number of ether oxygens (including phenoxy) is 1. The van der Waals surface area contributed by atoms with Crippen LogP contribution < -0.4 is 21.1 Å². The maximum atomic E-state index is 9.52. The molecule has 1 aromatic rings. The first-order chi connectivity index (χ1) is 11.1.